The maximum atomic E-state index is 12.3. The van der Waals surface area contributed by atoms with Crippen LogP contribution in [0.5, 0.6) is 0 Å². The fourth-order valence-electron chi connectivity index (χ4n) is 2.94. The van der Waals surface area contributed by atoms with E-state index >= 15 is 0 Å². The standard InChI is InChI=1S/C20H19Cl2N3O4S/c1-11-15(21)8-23-19(18(11)22)24-16(26)10-29-20(28)12-7-17(27)25(9-12)13-3-5-14(30-2)6-4-13/h3-6,8,12H,7,9-10H2,1-2H3,(H,23,24,26). The largest absolute Gasteiger partial charge is 0.455 e. The molecule has 2 heterocycles. The Kier molecular flexibility index (Phi) is 7.23. The number of carbonyl (C=O) groups excluding carboxylic acids is 3. The minimum absolute atomic E-state index is 0.0362. The first-order valence-electron chi connectivity index (χ1n) is 9.01. The minimum Gasteiger partial charge on any atom is -0.455 e. The van der Waals surface area contributed by atoms with E-state index in [1.165, 1.54) is 6.20 Å². The van der Waals surface area contributed by atoms with Crippen LogP contribution >= 0.6 is 35.0 Å². The summed E-state index contributed by atoms with van der Waals surface area (Å²) < 4.78 is 5.09. The molecule has 1 saturated heterocycles. The molecule has 30 heavy (non-hydrogen) atoms. The molecular weight excluding hydrogens is 449 g/mol. The number of esters is 1. The Labute approximate surface area is 188 Å². The molecule has 1 aliphatic rings. The predicted octanol–water partition coefficient (Wildman–Crippen LogP) is 3.95. The topological polar surface area (TPSA) is 88.6 Å². The number of pyridine rings is 1. The van der Waals surface area contributed by atoms with Crippen molar-refractivity contribution in [3.8, 4) is 0 Å². The van der Waals surface area contributed by atoms with Crippen molar-refractivity contribution < 1.29 is 19.1 Å². The molecule has 0 saturated carbocycles. The first kappa shape index (κ1) is 22.4. The molecule has 0 spiro atoms. The smallest absolute Gasteiger partial charge is 0.311 e. The number of hydrogen-bond acceptors (Lipinski definition) is 6. The van der Waals surface area contributed by atoms with Gasteiger partial charge in [0.2, 0.25) is 5.91 Å². The SMILES string of the molecule is CSc1ccc(N2CC(C(=O)OCC(=O)Nc3ncc(Cl)c(C)c3Cl)CC2=O)cc1. The van der Waals surface area contributed by atoms with Crippen LogP contribution in [0.4, 0.5) is 11.5 Å². The van der Waals surface area contributed by atoms with Crippen LogP contribution in [0.3, 0.4) is 0 Å². The number of thioether (sulfide) groups is 1. The molecule has 0 aliphatic carbocycles. The number of carbonyl (C=O) groups is 3. The van der Waals surface area contributed by atoms with Crippen molar-refractivity contribution in [2.45, 2.75) is 18.2 Å². The summed E-state index contributed by atoms with van der Waals surface area (Å²) in [6.07, 6.45) is 3.37. The highest BCUT2D eigenvalue weighted by atomic mass is 35.5. The minimum atomic E-state index is -0.634. The molecule has 1 aromatic heterocycles. The number of nitrogens with one attached hydrogen (secondary N) is 1. The first-order chi connectivity index (χ1) is 14.3. The molecule has 0 bridgehead atoms. The number of anilines is 2. The Morgan fingerprint density at radius 2 is 2.00 bits per heavy atom. The normalized spacial score (nSPS) is 15.9. The zero-order valence-electron chi connectivity index (χ0n) is 16.3. The molecule has 1 aliphatic heterocycles. The van der Waals surface area contributed by atoms with Crippen molar-refractivity contribution in [1.29, 1.82) is 0 Å². The number of ether oxygens (including phenoxy) is 1. The van der Waals surface area contributed by atoms with Crippen molar-refractivity contribution in [2.24, 2.45) is 5.92 Å². The number of nitrogens with zero attached hydrogens (tertiary/aromatic N) is 2. The second-order valence-corrected chi connectivity index (χ2v) is 8.32. The van der Waals surface area contributed by atoms with Gasteiger partial charge in [0.05, 0.1) is 16.0 Å². The van der Waals surface area contributed by atoms with Gasteiger partial charge in [0.15, 0.2) is 12.4 Å². The lowest BCUT2D eigenvalue weighted by molar-refractivity contribution is -0.151. The summed E-state index contributed by atoms with van der Waals surface area (Å²) in [6, 6.07) is 7.52. The summed E-state index contributed by atoms with van der Waals surface area (Å²) in [7, 11) is 0. The number of amides is 2. The maximum Gasteiger partial charge on any atom is 0.311 e. The molecule has 10 heteroatoms. The van der Waals surface area contributed by atoms with E-state index in [4.69, 9.17) is 27.9 Å². The van der Waals surface area contributed by atoms with Crippen LogP contribution in [0.1, 0.15) is 12.0 Å². The highest BCUT2D eigenvalue weighted by Crippen LogP contribution is 2.29. The van der Waals surface area contributed by atoms with Crippen molar-refractivity contribution in [2.75, 3.05) is 29.6 Å². The molecule has 158 valence electrons. The highest BCUT2D eigenvalue weighted by molar-refractivity contribution is 7.98. The molecule has 1 atom stereocenters. The third-order valence-electron chi connectivity index (χ3n) is 4.65. The van der Waals surface area contributed by atoms with Crippen LogP contribution < -0.4 is 10.2 Å². The first-order valence-corrected chi connectivity index (χ1v) is 11.0. The van der Waals surface area contributed by atoms with E-state index in [2.05, 4.69) is 10.3 Å². The van der Waals surface area contributed by atoms with Crippen LogP contribution in [-0.4, -0.2) is 42.2 Å². The molecule has 1 unspecified atom stereocenters. The zero-order chi connectivity index (χ0) is 21.8. The van der Waals surface area contributed by atoms with Gasteiger partial charge in [0.25, 0.3) is 5.91 Å². The molecule has 3 rings (SSSR count). The maximum absolute atomic E-state index is 12.3. The molecule has 0 radical (unpaired) electrons. The van der Waals surface area contributed by atoms with Gasteiger partial charge < -0.3 is 15.0 Å². The van der Waals surface area contributed by atoms with Gasteiger partial charge in [0, 0.05) is 29.7 Å². The summed E-state index contributed by atoms with van der Waals surface area (Å²) in [5, 5.41) is 3.07. The van der Waals surface area contributed by atoms with Gasteiger partial charge in [-0.3, -0.25) is 14.4 Å². The van der Waals surface area contributed by atoms with Crippen LogP contribution in [0.25, 0.3) is 0 Å². The van der Waals surface area contributed by atoms with Gasteiger partial charge in [-0.1, -0.05) is 23.2 Å². The van der Waals surface area contributed by atoms with E-state index in [1.807, 2.05) is 30.5 Å². The summed E-state index contributed by atoms with van der Waals surface area (Å²) >= 11 is 13.6. The molecule has 2 aromatic rings. The monoisotopic (exact) mass is 467 g/mol. The Balaban J connectivity index is 1.54. The summed E-state index contributed by atoms with van der Waals surface area (Å²) in [6.45, 7) is 1.40. The van der Waals surface area contributed by atoms with E-state index in [9.17, 15) is 14.4 Å². The average molecular weight is 468 g/mol. The quantitative estimate of drug-likeness (QED) is 0.510. The van der Waals surface area contributed by atoms with E-state index in [1.54, 1.807) is 23.6 Å². The van der Waals surface area contributed by atoms with Gasteiger partial charge in [-0.25, -0.2) is 4.98 Å². The van der Waals surface area contributed by atoms with Crippen molar-refractivity contribution in [3.63, 3.8) is 0 Å². The van der Waals surface area contributed by atoms with E-state index in [0.717, 1.165) is 10.6 Å². The molecule has 7 nitrogen and oxygen atoms in total. The van der Waals surface area contributed by atoms with Crippen molar-refractivity contribution in [3.05, 3.63) is 46.1 Å². The van der Waals surface area contributed by atoms with Gasteiger partial charge >= 0.3 is 5.97 Å². The predicted molar refractivity (Wildman–Crippen MR) is 117 cm³/mol. The summed E-state index contributed by atoms with van der Waals surface area (Å²) in [4.78, 5) is 43.4. The van der Waals surface area contributed by atoms with Crippen LogP contribution in [-0.2, 0) is 19.1 Å². The summed E-state index contributed by atoms with van der Waals surface area (Å²) in [5.74, 6) is -1.85. The van der Waals surface area contributed by atoms with Crippen LogP contribution in [0, 0.1) is 12.8 Å². The number of halogens is 2. The second-order valence-electron chi connectivity index (χ2n) is 6.65. The molecule has 2 amide bonds. The highest BCUT2D eigenvalue weighted by Gasteiger charge is 2.36. The Hall–Kier alpha value is -2.29. The van der Waals surface area contributed by atoms with Crippen molar-refractivity contribution >= 4 is 64.3 Å². The van der Waals surface area contributed by atoms with E-state index in [0.29, 0.717) is 10.6 Å². The van der Waals surface area contributed by atoms with Crippen molar-refractivity contribution in [1.82, 2.24) is 4.98 Å². The third kappa shape index (κ3) is 5.06. The molecule has 1 fully saturated rings. The van der Waals surface area contributed by atoms with Gasteiger partial charge in [-0.15, -0.1) is 11.8 Å². The van der Waals surface area contributed by atoms with Crippen LogP contribution in [0.2, 0.25) is 10.0 Å². The zero-order valence-corrected chi connectivity index (χ0v) is 18.6. The Morgan fingerprint density at radius 3 is 2.67 bits per heavy atom. The average Bonchev–Trinajstić information content (AvgIpc) is 3.14. The van der Waals surface area contributed by atoms with Gasteiger partial charge in [-0.05, 0) is 43.0 Å². The van der Waals surface area contributed by atoms with E-state index < -0.39 is 24.4 Å². The Bertz CT molecular complexity index is 985. The van der Waals surface area contributed by atoms with Crippen LogP contribution in [0.15, 0.2) is 35.4 Å². The third-order valence-corrected chi connectivity index (χ3v) is 6.24. The number of benzene rings is 1. The lowest BCUT2D eigenvalue weighted by atomic mass is 10.1. The van der Waals surface area contributed by atoms with Gasteiger partial charge in [-0.2, -0.15) is 0 Å². The van der Waals surface area contributed by atoms with Gasteiger partial charge in [0.1, 0.15) is 0 Å². The Morgan fingerprint density at radius 1 is 1.30 bits per heavy atom. The number of rotatable bonds is 6. The van der Waals surface area contributed by atoms with E-state index in [-0.39, 0.29) is 29.7 Å². The fraction of sp³-hybridized carbons (Fsp3) is 0.300. The fourth-order valence-corrected chi connectivity index (χ4v) is 3.74. The second kappa shape index (κ2) is 9.68. The number of aromatic nitrogens is 1. The number of hydrogen-bond donors (Lipinski definition) is 1. The lowest BCUT2D eigenvalue weighted by Crippen LogP contribution is -2.28. The lowest BCUT2D eigenvalue weighted by Gasteiger charge is -2.17. The molecular formula is C20H19Cl2N3O4S. The summed E-state index contributed by atoms with van der Waals surface area (Å²) in [5.41, 5.74) is 1.31. The molecule has 1 aromatic carbocycles. The molecule has 1 N–H and O–H groups in total.